The van der Waals surface area contributed by atoms with Crippen molar-refractivity contribution in [2.24, 2.45) is 0 Å². The molecule has 8 heteroatoms. The standard InChI is InChI=1S/C13H16ClN3O3S/c1-20-12(19)9-5-3-4-6-17(9)11(18)10-8(14)7-15-13(16-10)21-2/h7,9H,3-6H2,1-2H3/t9-/m1/s1. The number of amides is 1. The van der Waals surface area contributed by atoms with Gasteiger partial charge in [0.1, 0.15) is 6.04 Å². The second-order valence-corrected chi connectivity index (χ2v) is 5.77. The molecule has 21 heavy (non-hydrogen) atoms. The van der Waals surface area contributed by atoms with Crippen LogP contribution in [0, 0.1) is 0 Å². The van der Waals surface area contributed by atoms with Crippen molar-refractivity contribution in [3.8, 4) is 0 Å². The lowest BCUT2D eigenvalue weighted by Crippen LogP contribution is -2.48. The molecule has 0 saturated carbocycles. The van der Waals surface area contributed by atoms with Crippen molar-refractivity contribution in [2.75, 3.05) is 19.9 Å². The first-order chi connectivity index (χ1) is 10.1. The topological polar surface area (TPSA) is 72.4 Å². The van der Waals surface area contributed by atoms with Gasteiger partial charge in [-0.1, -0.05) is 23.4 Å². The summed E-state index contributed by atoms with van der Waals surface area (Å²) in [5.74, 6) is -0.758. The van der Waals surface area contributed by atoms with E-state index in [4.69, 9.17) is 16.3 Å². The van der Waals surface area contributed by atoms with Crippen LogP contribution in [0.25, 0.3) is 0 Å². The molecule has 1 fully saturated rings. The van der Waals surface area contributed by atoms with Crippen LogP contribution in [0.1, 0.15) is 29.8 Å². The average Bonchev–Trinajstić information content (AvgIpc) is 2.54. The molecule has 1 aliphatic rings. The maximum atomic E-state index is 12.7. The number of methoxy groups -OCH3 is 1. The number of thioether (sulfide) groups is 1. The van der Waals surface area contributed by atoms with Gasteiger partial charge in [-0.25, -0.2) is 14.8 Å². The van der Waals surface area contributed by atoms with E-state index in [1.54, 1.807) is 0 Å². The van der Waals surface area contributed by atoms with Gasteiger partial charge >= 0.3 is 5.97 Å². The lowest BCUT2D eigenvalue weighted by atomic mass is 10.0. The molecule has 1 aromatic heterocycles. The van der Waals surface area contributed by atoms with E-state index in [-0.39, 0.29) is 16.6 Å². The van der Waals surface area contributed by atoms with E-state index in [0.717, 1.165) is 12.8 Å². The number of nitrogens with zero attached hydrogens (tertiary/aromatic N) is 3. The molecular formula is C13H16ClN3O3S. The minimum Gasteiger partial charge on any atom is -0.467 e. The van der Waals surface area contributed by atoms with Gasteiger partial charge in [0, 0.05) is 6.54 Å². The number of likely N-dealkylation sites (tertiary alicyclic amines) is 1. The molecule has 0 bridgehead atoms. The van der Waals surface area contributed by atoms with E-state index < -0.39 is 12.0 Å². The van der Waals surface area contributed by atoms with Gasteiger partial charge in [-0.2, -0.15) is 0 Å². The normalized spacial score (nSPS) is 18.4. The molecular weight excluding hydrogens is 314 g/mol. The number of piperidine rings is 1. The van der Waals surface area contributed by atoms with Crippen LogP contribution in [0.2, 0.25) is 5.02 Å². The molecule has 0 radical (unpaired) electrons. The monoisotopic (exact) mass is 329 g/mol. The van der Waals surface area contributed by atoms with Crippen molar-refractivity contribution < 1.29 is 14.3 Å². The number of carbonyl (C=O) groups is 2. The Kier molecular flexibility index (Phi) is 5.41. The lowest BCUT2D eigenvalue weighted by Gasteiger charge is -2.33. The highest BCUT2D eigenvalue weighted by Gasteiger charge is 2.34. The fourth-order valence-electron chi connectivity index (χ4n) is 2.29. The molecule has 0 N–H and O–H groups in total. The van der Waals surface area contributed by atoms with Gasteiger partial charge in [-0.05, 0) is 25.5 Å². The number of carbonyl (C=O) groups excluding carboxylic acids is 2. The number of aromatic nitrogens is 2. The minimum atomic E-state index is -0.569. The summed E-state index contributed by atoms with van der Waals surface area (Å²) in [7, 11) is 1.32. The first-order valence-electron chi connectivity index (χ1n) is 6.53. The summed E-state index contributed by atoms with van der Waals surface area (Å²) in [6.45, 7) is 0.494. The number of halogens is 1. The first kappa shape index (κ1) is 16.0. The minimum absolute atomic E-state index is 0.131. The largest absolute Gasteiger partial charge is 0.467 e. The SMILES string of the molecule is COC(=O)[C@H]1CCCCN1C(=O)c1nc(SC)ncc1Cl. The van der Waals surface area contributed by atoms with Crippen molar-refractivity contribution in [3.63, 3.8) is 0 Å². The molecule has 1 amide bonds. The van der Waals surface area contributed by atoms with Crippen LogP contribution in [-0.4, -0.2) is 52.7 Å². The van der Waals surface area contributed by atoms with Gasteiger partial charge in [-0.3, -0.25) is 4.79 Å². The molecule has 0 unspecified atom stereocenters. The quantitative estimate of drug-likeness (QED) is 0.480. The molecule has 0 aromatic carbocycles. The maximum absolute atomic E-state index is 12.7. The Morgan fingerprint density at radius 2 is 2.24 bits per heavy atom. The summed E-state index contributed by atoms with van der Waals surface area (Å²) >= 11 is 7.35. The Bertz CT molecular complexity index is 555. The van der Waals surface area contributed by atoms with Crippen LogP contribution in [0.15, 0.2) is 11.4 Å². The van der Waals surface area contributed by atoms with Crippen molar-refractivity contribution in [3.05, 3.63) is 16.9 Å². The molecule has 1 aromatic rings. The van der Waals surface area contributed by atoms with Crippen molar-refractivity contribution in [1.29, 1.82) is 0 Å². The van der Waals surface area contributed by atoms with Crippen molar-refractivity contribution in [1.82, 2.24) is 14.9 Å². The second kappa shape index (κ2) is 7.09. The third-order valence-electron chi connectivity index (χ3n) is 3.34. The van der Waals surface area contributed by atoms with E-state index in [0.29, 0.717) is 18.1 Å². The number of hydrogen-bond donors (Lipinski definition) is 0. The van der Waals surface area contributed by atoms with Gasteiger partial charge in [0.2, 0.25) is 0 Å². The van der Waals surface area contributed by atoms with E-state index in [1.807, 2.05) is 6.26 Å². The predicted octanol–water partition coefficient (Wildman–Crippen LogP) is 2.02. The smallest absolute Gasteiger partial charge is 0.328 e. The number of ether oxygens (including phenoxy) is 1. The third-order valence-corrected chi connectivity index (χ3v) is 4.18. The zero-order valence-electron chi connectivity index (χ0n) is 11.8. The first-order valence-corrected chi connectivity index (χ1v) is 8.14. The fourth-order valence-corrected chi connectivity index (χ4v) is 2.80. The Morgan fingerprint density at radius 3 is 2.90 bits per heavy atom. The van der Waals surface area contributed by atoms with E-state index in [1.165, 1.54) is 30.0 Å². The van der Waals surface area contributed by atoms with Crippen molar-refractivity contribution in [2.45, 2.75) is 30.5 Å². The third kappa shape index (κ3) is 3.47. The second-order valence-electron chi connectivity index (χ2n) is 4.59. The summed E-state index contributed by atoms with van der Waals surface area (Å²) in [6, 6.07) is -0.569. The summed E-state index contributed by atoms with van der Waals surface area (Å²) in [5.41, 5.74) is 0.131. The Morgan fingerprint density at radius 1 is 1.48 bits per heavy atom. The average molecular weight is 330 g/mol. The summed E-state index contributed by atoms with van der Waals surface area (Å²) < 4.78 is 4.78. The van der Waals surface area contributed by atoms with Crippen LogP contribution >= 0.6 is 23.4 Å². The van der Waals surface area contributed by atoms with Crippen LogP contribution in [0.5, 0.6) is 0 Å². The van der Waals surface area contributed by atoms with Gasteiger partial charge in [-0.15, -0.1) is 0 Å². The molecule has 0 aliphatic carbocycles. The Labute approximate surface area is 132 Å². The zero-order valence-corrected chi connectivity index (χ0v) is 13.4. The molecule has 6 nitrogen and oxygen atoms in total. The van der Waals surface area contributed by atoms with Crippen LogP contribution in [0.3, 0.4) is 0 Å². The maximum Gasteiger partial charge on any atom is 0.328 e. The van der Waals surface area contributed by atoms with Gasteiger partial charge in [0.25, 0.3) is 5.91 Å². The molecule has 114 valence electrons. The number of rotatable bonds is 3. The fraction of sp³-hybridized carbons (Fsp3) is 0.538. The highest BCUT2D eigenvalue weighted by Crippen LogP contribution is 2.24. The highest BCUT2D eigenvalue weighted by molar-refractivity contribution is 7.98. The summed E-state index contributed by atoms with van der Waals surface area (Å²) in [6.07, 6.45) is 5.55. The molecule has 2 heterocycles. The molecule has 1 aliphatic heterocycles. The number of hydrogen-bond acceptors (Lipinski definition) is 6. The number of esters is 1. The summed E-state index contributed by atoms with van der Waals surface area (Å²) in [5, 5.41) is 0.654. The Balaban J connectivity index is 2.30. The lowest BCUT2D eigenvalue weighted by molar-refractivity contribution is -0.147. The van der Waals surface area contributed by atoms with Gasteiger partial charge < -0.3 is 9.64 Å². The molecule has 1 saturated heterocycles. The Hall–Kier alpha value is -1.34. The zero-order chi connectivity index (χ0) is 15.4. The van der Waals surface area contributed by atoms with Gasteiger partial charge in [0.05, 0.1) is 18.3 Å². The predicted molar refractivity (Wildman–Crippen MR) is 79.5 cm³/mol. The van der Waals surface area contributed by atoms with E-state index >= 15 is 0 Å². The summed E-state index contributed by atoms with van der Waals surface area (Å²) in [4.78, 5) is 34.2. The van der Waals surface area contributed by atoms with Crippen LogP contribution in [-0.2, 0) is 9.53 Å². The van der Waals surface area contributed by atoms with Crippen LogP contribution < -0.4 is 0 Å². The van der Waals surface area contributed by atoms with E-state index in [2.05, 4.69) is 9.97 Å². The highest BCUT2D eigenvalue weighted by atomic mass is 35.5. The van der Waals surface area contributed by atoms with Crippen molar-refractivity contribution >= 4 is 35.2 Å². The van der Waals surface area contributed by atoms with Crippen LogP contribution in [0.4, 0.5) is 0 Å². The van der Waals surface area contributed by atoms with E-state index in [9.17, 15) is 9.59 Å². The molecule has 0 spiro atoms. The molecule has 1 atom stereocenters. The van der Waals surface area contributed by atoms with Gasteiger partial charge in [0.15, 0.2) is 10.9 Å². The molecule has 2 rings (SSSR count).